The summed E-state index contributed by atoms with van der Waals surface area (Å²) >= 11 is 2.44. The molecule has 2 aromatic heterocycles. The molecule has 27 heavy (non-hydrogen) atoms. The molecule has 2 amide bonds. The Balaban J connectivity index is 1.51. The van der Waals surface area contributed by atoms with Gasteiger partial charge >= 0.3 is 0 Å². The standard InChI is InChI=1S/C17H17N5O3S2/c1-9-4-10(2)6-12(5-9)18-14(23)8-26-17-21-20-16(27-17)19-15(24)13-7-11(3)25-22-13/h4-7H,8H2,1-3H3,(H,18,23)(H,19,20,24). The fraction of sp³-hybridized carbons (Fsp3) is 0.235. The van der Waals surface area contributed by atoms with E-state index in [1.807, 2.05) is 32.0 Å². The van der Waals surface area contributed by atoms with E-state index in [-0.39, 0.29) is 17.4 Å². The summed E-state index contributed by atoms with van der Waals surface area (Å²) in [7, 11) is 0. The molecule has 0 spiro atoms. The number of amides is 2. The fourth-order valence-electron chi connectivity index (χ4n) is 2.32. The van der Waals surface area contributed by atoms with Crippen molar-refractivity contribution in [2.45, 2.75) is 25.1 Å². The van der Waals surface area contributed by atoms with Gasteiger partial charge in [-0.3, -0.25) is 14.9 Å². The van der Waals surface area contributed by atoms with Crippen molar-refractivity contribution in [3.8, 4) is 0 Å². The zero-order valence-corrected chi connectivity index (χ0v) is 16.5. The monoisotopic (exact) mass is 403 g/mol. The van der Waals surface area contributed by atoms with Crippen LogP contribution in [0.15, 0.2) is 33.1 Å². The molecule has 0 aliphatic carbocycles. The Kier molecular flexibility index (Phi) is 5.87. The second-order valence-electron chi connectivity index (χ2n) is 5.86. The van der Waals surface area contributed by atoms with Crippen molar-refractivity contribution in [3.63, 3.8) is 0 Å². The van der Waals surface area contributed by atoms with Gasteiger partial charge in [0.25, 0.3) is 5.91 Å². The maximum atomic E-state index is 12.1. The van der Waals surface area contributed by atoms with Crippen molar-refractivity contribution >= 4 is 45.7 Å². The molecule has 1 aromatic carbocycles. The third-order valence-electron chi connectivity index (χ3n) is 3.32. The minimum atomic E-state index is -0.424. The highest BCUT2D eigenvalue weighted by Gasteiger charge is 2.14. The summed E-state index contributed by atoms with van der Waals surface area (Å²) in [6.45, 7) is 5.66. The van der Waals surface area contributed by atoms with Gasteiger partial charge in [-0.1, -0.05) is 34.3 Å². The molecule has 0 bridgehead atoms. The van der Waals surface area contributed by atoms with Gasteiger partial charge in [-0.25, -0.2) is 0 Å². The SMILES string of the molecule is Cc1cc(C)cc(NC(=O)CSc2nnc(NC(=O)c3cc(C)on3)s2)c1. The predicted molar refractivity (Wildman–Crippen MR) is 104 cm³/mol. The van der Waals surface area contributed by atoms with Gasteiger partial charge in [0.2, 0.25) is 11.0 Å². The maximum Gasteiger partial charge on any atom is 0.279 e. The summed E-state index contributed by atoms with van der Waals surface area (Å²) in [5.41, 5.74) is 3.12. The van der Waals surface area contributed by atoms with E-state index in [4.69, 9.17) is 4.52 Å². The van der Waals surface area contributed by atoms with Crippen molar-refractivity contribution in [3.05, 3.63) is 46.8 Å². The van der Waals surface area contributed by atoms with Gasteiger partial charge in [0, 0.05) is 11.8 Å². The van der Waals surface area contributed by atoms with Gasteiger partial charge in [0.15, 0.2) is 10.0 Å². The lowest BCUT2D eigenvalue weighted by atomic mass is 10.1. The van der Waals surface area contributed by atoms with Gasteiger partial charge in [-0.2, -0.15) is 0 Å². The number of thioether (sulfide) groups is 1. The van der Waals surface area contributed by atoms with Crippen molar-refractivity contribution in [2.24, 2.45) is 0 Å². The van der Waals surface area contributed by atoms with Crippen LogP contribution < -0.4 is 10.6 Å². The quantitative estimate of drug-likeness (QED) is 0.479. The molecule has 3 rings (SSSR count). The first kappa shape index (κ1) is 19.1. The van der Waals surface area contributed by atoms with Gasteiger partial charge in [0.05, 0.1) is 5.75 Å². The van der Waals surface area contributed by atoms with Crippen molar-refractivity contribution in [1.29, 1.82) is 0 Å². The summed E-state index contributed by atoms with van der Waals surface area (Å²) in [5.74, 6) is 0.178. The fourth-order valence-corrected chi connectivity index (χ4v) is 3.87. The van der Waals surface area contributed by atoms with Crippen molar-refractivity contribution in [2.75, 3.05) is 16.4 Å². The van der Waals surface area contributed by atoms with E-state index in [1.165, 1.54) is 29.2 Å². The maximum absolute atomic E-state index is 12.1. The molecule has 0 saturated heterocycles. The Morgan fingerprint density at radius 2 is 1.81 bits per heavy atom. The van der Waals surface area contributed by atoms with Crippen LogP contribution in [0.1, 0.15) is 27.4 Å². The average Bonchev–Trinajstić information content (AvgIpc) is 3.21. The number of hydrogen-bond acceptors (Lipinski definition) is 8. The minimum Gasteiger partial charge on any atom is -0.361 e. The molecule has 0 aliphatic rings. The first-order chi connectivity index (χ1) is 12.9. The Bertz CT molecular complexity index is 962. The van der Waals surface area contributed by atoms with E-state index in [1.54, 1.807) is 6.92 Å². The minimum absolute atomic E-state index is 0.135. The Hall–Kier alpha value is -2.72. The van der Waals surface area contributed by atoms with Crippen LogP contribution in [0, 0.1) is 20.8 Å². The highest BCUT2D eigenvalue weighted by atomic mass is 32.2. The van der Waals surface area contributed by atoms with E-state index < -0.39 is 5.91 Å². The van der Waals surface area contributed by atoms with Gasteiger partial charge in [0.1, 0.15) is 5.76 Å². The van der Waals surface area contributed by atoms with Crippen LogP contribution in [0.2, 0.25) is 0 Å². The lowest BCUT2D eigenvalue weighted by Gasteiger charge is -2.06. The molecule has 3 aromatic rings. The Labute approximate surface area is 163 Å². The number of aryl methyl sites for hydroxylation is 3. The molecule has 0 aliphatic heterocycles. The molecule has 2 heterocycles. The van der Waals surface area contributed by atoms with Gasteiger partial charge < -0.3 is 9.84 Å². The number of anilines is 2. The van der Waals surface area contributed by atoms with Crippen LogP contribution >= 0.6 is 23.1 Å². The summed E-state index contributed by atoms with van der Waals surface area (Å²) in [4.78, 5) is 24.1. The molecular weight excluding hydrogens is 386 g/mol. The normalized spacial score (nSPS) is 10.6. The molecule has 0 radical (unpaired) electrons. The van der Waals surface area contributed by atoms with Crippen molar-refractivity contribution < 1.29 is 14.1 Å². The first-order valence-corrected chi connectivity index (χ1v) is 9.78. The largest absolute Gasteiger partial charge is 0.361 e. The lowest BCUT2D eigenvalue weighted by Crippen LogP contribution is -2.14. The molecule has 8 nitrogen and oxygen atoms in total. The Morgan fingerprint density at radius 3 is 2.48 bits per heavy atom. The number of rotatable bonds is 6. The van der Waals surface area contributed by atoms with Crippen LogP contribution in [0.4, 0.5) is 10.8 Å². The summed E-state index contributed by atoms with van der Waals surface area (Å²) in [6.07, 6.45) is 0. The van der Waals surface area contributed by atoms with E-state index in [0.29, 0.717) is 15.2 Å². The molecule has 140 valence electrons. The zero-order chi connectivity index (χ0) is 19.4. The van der Waals surface area contributed by atoms with Crippen LogP contribution in [-0.2, 0) is 4.79 Å². The first-order valence-electron chi connectivity index (χ1n) is 7.98. The Morgan fingerprint density at radius 1 is 1.07 bits per heavy atom. The molecule has 0 saturated carbocycles. The number of hydrogen-bond donors (Lipinski definition) is 2. The van der Waals surface area contributed by atoms with Crippen LogP contribution in [0.5, 0.6) is 0 Å². The molecule has 0 atom stereocenters. The lowest BCUT2D eigenvalue weighted by molar-refractivity contribution is -0.113. The third-order valence-corrected chi connectivity index (χ3v) is 5.29. The second-order valence-corrected chi connectivity index (χ2v) is 8.06. The molecule has 0 fully saturated rings. The van der Waals surface area contributed by atoms with E-state index in [9.17, 15) is 9.59 Å². The van der Waals surface area contributed by atoms with E-state index in [2.05, 4.69) is 26.0 Å². The van der Waals surface area contributed by atoms with E-state index in [0.717, 1.165) is 16.8 Å². The van der Waals surface area contributed by atoms with Crippen LogP contribution in [-0.4, -0.2) is 32.9 Å². The number of benzene rings is 1. The number of carbonyl (C=O) groups is 2. The van der Waals surface area contributed by atoms with Gasteiger partial charge in [-0.05, 0) is 44.0 Å². The number of nitrogens with zero attached hydrogens (tertiary/aromatic N) is 3. The molecular formula is C17H17N5O3S2. The van der Waals surface area contributed by atoms with E-state index >= 15 is 0 Å². The molecule has 10 heteroatoms. The molecule has 0 unspecified atom stereocenters. The highest BCUT2D eigenvalue weighted by molar-refractivity contribution is 8.01. The smallest absolute Gasteiger partial charge is 0.279 e. The predicted octanol–water partition coefficient (Wildman–Crippen LogP) is 3.43. The third kappa shape index (κ3) is 5.38. The number of aromatic nitrogens is 3. The zero-order valence-electron chi connectivity index (χ0n) is 14.9. The number of carbonyl (C=O) groups excluding carboxylic acids is 2. The summed E-state index contributed by atoms with van der Waals surface area (Å²) < 4.78 is 5.45. The van der Waals surface area contributed by atoms with Crippen LogP contribution in [0.25, 0.3) is 0 Å². The average molecular weight is 403 g/mol. The van der Waals surface area contributed by atoms with Gasteiger partial charge in [-0.15, -0.1) is 10.2 Å². The topological polar surface area (TPSA) is 110 Å². The second kappa shape index (κ2) is 8.31. The summed E-state index contributed by atoms with van der Waals surface area (Å²) in [6, 6.07) is 7.41. The molecule has 2 N–H and O–H groups in total. The van der Waals surface area contributed by atoms with Crippen LogP contribution in [0.3, 0.4) is 0 Å². The summed E-state index contributed by atoms with van der Waals surface area (Å²) in [5, 5.41) is 17.3. The van der Waals surface area contributed by atoms with Crippen molar-refractivity contribution in [1.82, 2.24) is 15.4 Å². The number of nitrogens with one attached hydrogen (secondary N) is 2. The highest BCUT2D eigenvalue weighted by Crippen LogP contribution is 2.26.